The molecular formula is C13H22N4O4. The number of carbonyl (C=O) groups excluding carboxylic acids is 1. The molecular weight excluding hydrogens is 276 g/mol. The van der Waals surface area contributed by atoms with Crippen LogP contribution in [0.2, 0.25) is 0 Å². The minimum absolute atomic E-state index is 0.104. The molecule has 0 spiro atoms. The van der Waals surface area contributed by atoms with Crippen molar-refractivity contribution in [1.29, 1.82) is 0 Å². The Morgan fingerprint density at radius 2 is 2.05 bits per heavy atom. The molecule has 1 rings (SSSR count). The van der Waals surface area contributed by atoms with Gasteiger partial charge in [0.25, 0.3) is 5.56 Å². The molecule has 4 N–H and O–H groups in total. The van der Waals surface area contributed by atoms with Gasteiger partial charge in [0.1, 0.15) is 11.4 Å². The average Bonchev–Trinajstić information content (AvgIpc) is 2.47. The molecule has 0 aliphatic rings. The summed E-state index contributed by atoms with van der Waals surface area (Å²) in [5, 5.41) is 11.5. The number of hydrogen-bond acceptors (Lipinski definition) is 6. The summed E-state index contributed by atoms with van der Waals surface area (Å²) in [5.41, 5.74) is 4.43. The van der Waals surface area contributed by atoms with E-state index in [1.54, 1.807) is 6.92 Å². The van der Waals surface area contributed by atoms with Crippen molar-refractivity contribution in [2.75, 3.05) is 18.9 Å². The molecule has 0 aliphatic heterocycles. The van der Waals surface area contributed by atoms with Gasteiger partial charge >= 0.3 is 5.69 Å². The van der Waals surface area contributed by atoms with Gasteiger partial charge in [-0.05, 0) is 13.3 Å². The van der Waals surface area contributed by atoms with Gasteiger partial charge in [-0.1, -0.05) is 6.92 Å². The van der Waals surface area contributed by atoms with E-state index < -0.39 is 23.1 Å². The Hall–Kier alpha value is -1.93. The van der Waals surface area contributed by atoms with Gasteiger partial charge in [0.2, 0.25) is 0 Å². The van der Waals surface area contributed by atoms with E-state index in [2.05, 4.69) is 5.32 Å². The summed E-state index contributed by atoms with van der Waals surface area (Å²) in [4.78, 5) is 36.5. The number of hydrogen-bond donors (Lipinski definition) is 3. The number of aliphatic hydroxyl groups is 1. The molecule has 0 aromatic carbocycles. The number of nitrogens with one attached hydrogen (secondary N) is 1. The maximum atomic E-state index is 12.4. The summed E-state index contributed by atoms with van der Waals surface area (Å²) in [6.45, 7) is 3.87. The number of carbonyl (C=O) groups is 1. The third-order valence-electron chi connectivity index (χ3n) is 3.23. The lowest BCUT2D eigenvalue weighted by Crippen LogP contribution is -2.46. The predicted molar refractivity (Wildman–Crippen MR) is 79.5 cm³/mol. The number of anilines is 1. The van der Waals surface area contributed by atoms with E-state index in [4.69, 9.17) is 10.8 Å². The standard InChI is InChI=1S/C13H22N4O4/c1-4-6-17-11(14)9(12(20)16(3)13(17)21)10(19)8(2)15-5-7-18/h8,15,18H,4-7,14H2,1-3H3/t8-/m0/s1. The van der Waals surface area contributed by atoms with Gasteiger partial charge in [0.15, 0.2) is 5.78 Å². The van der Waals surface area contributed by atoms with E-state index in [1.807, 2.05) is 6.92 Å². The van der Waals surface area contributed by atoms with Crippen LogP contribution in [0.25, 0.3) is 0 Å². The maximum absolute atomic E-state index is 12.4. The van der Waals surface area contributed by atoms with Crippen LogP contribution in [0.5, 0.6) is 0 Å². The monoisotopic (exact) mass is 298 g/mol. The average molecular weight is 298 g/mol. The molecule has 8 nitrogen and oxygen atoms in total. The molecule has 21 heavy (non-hydrogen) atoms. The Balaban J connectivity index is 3.39. The summed E-state index contributed by atoms with van der Waals surface area (Å²) in [6.07, 6.45) is 0.647. The van der Waals surface area contributed by atoms with Gasteiger partial charge in [-0.3, -0.25) is 18.7 Å². The summed E-state index contributed by atoms with van der Waals surface area (Å²) < 4.78 is 2.12. The van der Waals surface area contributed by atoms with E-state index in [0.29, 0.717) is 13.0 Å². The molecule has 1 heterocycles. The second-order valence-electron chi connectivity index (χ2n) is 4.82. The van der Waals surface area contributed by atoms with Gasteiger partial charge in [0, 0.05) is 20.1 Å². The molecule has 1 aromatic heterocycles. The van der Waals surface area contributed by atoms with Gasteiger partial charge in [0.05, 0.1) is 12.6 Å². The van der Waals surface area contributed by atoms with Gasteiger partial charge in [-0.25, -0.2) is 4.79 Å². The number of nitrogens with two attached hydrogens (primary N) is 1. The van der Waals surface area contributed by atoms with Gasteiger partial charge in [-0.2, -0.15) is 0 Å². The largest absolute Gasteiger partial charge is 0.395 e. The summed E-state index contributed by atoms with van der Waals surface area (Å²) in [6, 6.07) is -0.681. The first-order chi connectivity index (χ1) is 9.86. The molecule has 0 unspecified atom stereocenters. The fraction of sp³-hybridized carbons (Fsp3) is 0.615. The third kappa shape index (κ3) is 3.40. The fourth-order valence-corrected chi connectivity index (χ4v) is 2.04. The molecule has 118 valence electrons. The lowest BCUT2D eigenvalue weighted by atomic mass is 10.1. The molecule has 0 radical (unpaired) electrons. The van der Waals surface area contributed by atoms with Crippen LogP contribution in [-0.2, 0) is 13.6 Å². The number of aliphatic hydroxyl groups excluding tert-OH is 1. The van der Waals surface area contributed by atoms with Crippen molar-refractivity contribution < 1.29 is 9.90 Å². The number of nitrogens with zero attached hydrogens (tertiary/aromatic N) is 2. The van der Waals surface area contributed by atoms with Crippen molar-refractivity contribution >= 4 is 11.6 Å². The van der Waals surface area contributed by atoms with E-state index in [1.165, 1.54) is 11.6 Å². The molecule has 0 saturated carbocycles. The van der Waals surface area contributed by atoms with E-state index in [0.717, 1.165) is 4.57 Å². The minimum Gasteiger partial charge on any atom is -0.395 e. The number of ketones is 1. The van der Waals surface area contributed by atoms with Crippen molar-refractivity contribution in [3.05, 3.63) is 26.4 Å². The Morgan fingerprint density at radius 1 is 1.43 bits per heavy atom. The number of aromatic nitrogens is 2. The Kier molecular flexibility index (Phi) is 5.86. The second-order valence-corrected chi connectivity index (χ2v) is 4.82. The molecule has 1 aromatic rings. The van der Waals surface area contributed by atoms with Crippen molar-refractivity contribution in [3.8, 4) is 0 Å². The number of Topliss-reactive ketones (excluding diaryl/α,β-unsaturated/α-hetero) is 1. The molecule has 8 heteroatoms. The Bertz CT molecular complexity index is 632. The third-order valence-corrected chi connectivity index (χ3v) is 3.23. The first-order valence-electron chi connectivity index (χ1n) is 6.84. The maximum Gasteiger partial charge on any atom is 0.332 e. The van der Waals surface area contributed by atoms with Crippen LogP contribution >= 0.6 is 0 Å². The SMILES string of the molecule is CCCn1c(N)c(C(=O)[C@H](C)NCCO)c(=O)n(C)c1=O. The fourth-order valence-electron chi connectivity index (χ4n) is 2.04. The van der Waals surface area contributed by atoms with Crippen LogP contribution in [0.15, 0.2) is 9.59 Å². The molecule has 0 fully saturated rings. The van der Waals surface area contributed by atoms with Crippen molar-refractivity contribution in [2.24, 2.45) is 7.05 Å². The van der Waals surface area contributed by atoms with E-state index >= 15 is 0 Å². The zero-order valence-electron chi connectivity index (χ0n) is 12.5. The zero-order chi connectivity index (χ0) is 16.2. The highest BCUT2D eigenvalue weighted by molar-refractivity contribution is 6.03. The Morgan fingerprint density at radius 3 is 2.57 bits per heavy atom. The number of rotatable bonds is 7. The highest BCUT2D eigenvalue weighted by atomic mass is 16.3. The van der Waals surface area contributed by atoms with Crippen LogP contribution in [-0.4, -0.2) is 39.2 Å². The van der Waals surface area contributed by atoms with Crippen LogP contribution in [0.3, 0.4) is 0 Å². The lowest BCUT2D eigenvalue weighted by Gasteiger charge is -2.16. The molecule has 0 bridgehead atoms. The van der Waals surface area contributed by atoms with Gasteiger partial charge < -0.3 is 16.2 Å². The molecule has 0 saturated heterocycles. The quantitative estimate of drug-likeness (QED) is 0.538. The topological polar surface area (TPSA) is 119 Å². The smallest absolute Gasteiger partial charge is 0.332 e. The predicted octanol–water partition coefficient (Wildman–Crippen LogP) is -1.31. The first kappa shape index (κ1) is 17.1. The van der Waals surface area contributed by atoms with E-state index in [-0.39, 0.29) is 24.5 Å². The lowest BCUT2D eigenvalue weighted by molar-refractivity contribution is 0.0946. The summed E-state index contributed by atoms with van der Waals surface area (Å²) in [5.74, 6) is -0.598. The summed E-state index contributed by atoms with van der Waals surface area (Å²) >= 11 is 0. The molecule has 0 aliphatic carbocycles. The van der Waals surface area contributed by atoms with Crippen molar-refractivity contribution in [1.82, 2.24) is 14.5 Å². The molecule has 0 amide bonds. The van der Waals surface area contributed by atoms with Crippen LogP contribution in [0.4, 0.5) is 5.82 Å². The minimum atomic E-state index is -0.701. The normalized spacial score (nSPS) is 12.4. The Labute approximate surface area is 122 Å². The van der Waals surface area contributed by atoms with Gasteiger partial charge in [-0.15, -0.1) is 0 Å². The zero-order valence-corrected chi connectivity index (χ0v) is 12.5. The van der Waals surface area contributed by atoms with Crippen molar-refractivity contribution in [2.45, 2.75) is 32.9 Å². The summed E-state index contributed by atoms with van der Waals surface area (Å²) in [7, 11) is 1.32. The first-order valence-corrected chi connectivity index (χ1v) is 6.84. The highest BCUT2D eigenvalue weighted by Crippen LogP contribution is 2.08. The van der Waals surface area contributed by atoms with Crippen LogP contribution in [0, 0.1) is 0 Å². The number of nitrogen functional groups attached to an aromatic ring is 1. The highest BCUT2D eigenvalue weighted by Gasteiger charge is 2.24. The van der Waals surface area contributed by atoms with Crippen LogP contribution < -0.4 is 22.3 Å². The van der Waals surface area contributed by atoms with Crippen molar-refractivity contribution in [3.63, 3.8) is 0 Å². The van der Waals surface area contributed by atoms with Crippen LogP contribution in [0.1, 0.15) is 30.6 Å². The molecule has 1 atom stereocenters. The van der Waals surface area contributed by atoms with E-state index in [9.17, 15) is 14.4 Å². The second kappa shape index (κ2) is 7.19.